The first kappa shape index (κ1) is 13.8. The molecule has 1 heterocycles. The van der Waals surface area contributed by atoms with Crippen molar-refractivity contribution >= 4 is 11.9 Å². The molecule has 0 radical (unpaired) electrons. The third kappa shape index (κ3) is 2.68. The number of carboxylic acid groups (broad SMARTS) is 1. The molecule has 0 spiro atoms. The van der Waals surface area contributed by atoms with Crippen molar-refractivity contribution in [3.63, 3.8) is 0 Å². The normalized spacial score (nSPS) is 29.5. The van der Waals surface area contributed by atoms with Crippen molar-refractivity contribution in [1.82, 2.24) is 10.3 Å². The van der Waals surface area contributed by atoms with Gasteiger partial charge in [-0.25, -0.2) is 0 Å². The number of nitrogens with zero attached hydrogens (tertiary/aromatic N) is 1. The molecule has 0 unspecified atom stereocenters. The molecule has 1 N–H and O–H groups in total. The summed E-state index contributed by atoms with van der Waals surface area (Å²) in [5, 5.41) is 14.1. The summed E-state index contributed by atoms with van der Waals surface area (Å²) in [5.74, 6) is -2.45. The average Bonchev–Trinajstić information content (AvgIpc) is 3.08. The van der Waals surface area contributed by atoms with Crippen LogP contribution in [0.4, 0.5) is 0 Å². The molecule has 110 valence electrons. The fourth-order valence-electron chi connectivity index (χ4n) is 3.50. The Morgan fingerprint density at radius 3 is 2.52 bits per heavy atom. The minimum absolute atomic E-state index is 0.0406. The summed E-state index contributed by atoms with van der Waals surface area (Å²) in [6.07, 6.45) is 8.76. The summed E-state index contributed by atoms with van der Waals surface area (Å²) < 4.78 is 0. The van der Waals surface area contributed by atoms with Gasteiger partial charge in [0.1, 0.15) is 0 Å². The zero-order valence-electron chi connectivity index (χ0n) is 11.6. The molecule has 2 bridgehead atoms. The minimum atomic E-state index is -1.11. The third-order valence-corrected chi connectivity index (χ3v) is 4.50. The molecule has 5 heteroatoms. The van der Waals surface area contributed by atoms with Crippen LogP contribution in [0.15, 0.2) is 36.7 Å². The zero-order valence-corrected chi connectivity index (χ0v) is 11.6. The van der Waals surface area contributed by atoms with E-state index in [-0.39, 0.29) is 17.7 Å². The molecule has 1 saturated carbocycles. The van der Waals surface area contributed by atoms with Gasteiger partial charge in [0.15, 0.2) is 0 Å². The van der Waals surface area contributed by atoms with E-state index in [4.69, 9.17) is 0 Å². The molecule has 3 rings (SSSR count). The molecule has 2 aliphatic rings. The maximum atomic E-state index is 12.3. The number of aromatic nitrogens is 1. The summed E-state index contributed by atoms with van der Waals surface area (Å²) >= 11 is 0. The standard InChI is InChI=1S/C16H18N2O3/c19-15(18-8-5-10-3-6-17-7-4-10)13-11-1-2-12(9-11)14(13)16(20)21/h1-4,6-7,11-14H,5,8-9H2,(H,18,19)(H,20,21)/p-1/t11-,12-,13-,14-/m0/s1. The van der Waals surface area contributed by atoms with E-state index in [2.05, 4.69) is 10.3 Å². The molecular formula is C16H17N2O3-. The number of carbonyl (C=O) groups is 2. The van der Waals surface area contributed by atoms with Crippen LogP contribution < -0.4 is 10.4 Å². The van der Waals surface area contributed by atoms with E-state index in [1.807, 2.05) is 24.3 Å². The van der Waals surface area contributed by atoms with E-state index in [1.165, 1.54) is 0 Å². The second-order valence-corrected chi connectivity index (χ2v) is 5.72. The largest absolute Gasteiger partial charge is 0.550 e. The molecule has 1 amide bonds. The van der Waals surface area contributed by atoms with Crippen LogP contribution in [0, 0.1) is 23.7 Å². The lowest BCUT2D eigenvalue weighted by atomic mass is 9.82. The Kier molecular flexibility index (Phi) is 3.73. The van der Waals surface area contributed by atoms with Gasteiger partial charge in [-0.2, -0.15) is 0 Å². The Morgan fingerprint density at radius 2 is 1.86 bits per heavy atom. The van der Waals surface area contributed by atoms with Gasteiger partial charge < -0.3 is 15.2 Å². The average molecular weight is 285 g/mol. The zero-order chi connectivity index (χ0) is 14.8. The van der Waals surface area contributed by atoms with E-state index >= 15 is 0 Å². The van der Waals surface area contributed by atoms with Crippen molar-refractivity contribution in [1.29, 1.82) is 0 Å². The predicted octanol–water partition coefficient (Wildman–Crippen LogP) is -0.0715. The van der Waals surface area contributed by atoms with Crippen molar-refractivity contribution in [2.45, 2.75) is 12.8 Å². The van der Waals surface area contributed by atoms with Gasteiger partial charge in [-0.1, -0.05) is 12.2 Å². The fourth-order valence-corrected chi connectivity index (χ4v) is 3.50. The van der Waals surface area contributed by atoms with Crippen LogP contribution in [-0.4, -0.2) is 23.4 Å². The number of allylic oxidation sites excluding steroid dienone is 2. The molecule has 0 aromatic carbocycles. The number of carbonyl (C=O) groups excluding carboxylic acids is 2. The van der Waals surface area contributed by atoms with Crippen LogP contribution in [-0.2, 0) is 16.0 Å². The number of hydrogen-bond acceptors (Lipinski definition) is 4. The molecule has 2 aliphatic carbocycles. The fraction of sp³-hybridized carbons (Fsp3) is 0.438. The Bertz CT molecular complexity index is 570. The summed E-state index contributed by atoms with van der Waals surface area (Å²) in [7, 11) is 0. The highest BCUT2D eigenvalue weighted by molar-refractivity contribution is 5.86. The third-order valence-electron chi connectivity index (χ3n) is 4.50. The van der Waals surface area contributed by atoms with E-state index in [9.17, 15) is 14.7 Å². The molecular weight excluding hydrogens is 268 g/mol. The summed E-state index contributed by atoms with van der Waals surface area (Å²) in [4.78, 5) is 27.5. The molecule has 1 aromatic heterocycles. The van der Waals surface area contributed by atoms with Gasteiger partial charge in [0, 0.05) is 30.8 Å². The first-order valence-electron chi connectivity index (χ1n) is 7.22. The lowest BCUT2D eigenvalue weighted by molar-refractivity contribution is -0.313. The Hall–Kier alpha value is -2.17. The second kappa shape index (κ2) is 5.68. The monoisotopic (exact) mass is 285 g/mol. The Morgan fingerprint density at radius 1 is 1.19 bits per heavy atom. The van der Waals surface area contributed by atoms with Gasteiger partial charge in [-0.05, 0) is 42.4 Å². The second-order valence-electron chi connectivity index (χ2n) is 5.72. The van der Waals surface area contributed by atoms with Gasteiger partial charge in [0.05, 0.1) is 5.92 Å². The molecule has 5 nitrogen and oxygen atoms in total. The smallest absolute Gasteiger partial charge is 0.224 e. The van der Waals surface area contributed by atoms with Crippen LogP contribution >= 0.6 is 0 Å². The van der Waals surface area contributed by atoms with Crippen LogP contribution in [0.2, 0.25) is 0 Å². The van der Waals surface area contributed by atoms with E-state index in [0.717, 1.165) is 12.0 Å². The molecule has 1 fully saturated rings. The van der Waals surface area contributed by atoms with Gasteiger partial charge in [0.2, 0.25) is 5.91 Å². The van der Waals surface area contributed by atoms with E-state index < -0.39 is 17.8 Å². The number of amides is 1. The van der Waals surface area contributed by atoms with Crippen molar-refractivity contribution in [2.75, 3.05) is 6.54 Å². The Balaban J connectivity index is 1.58. The van der Waals surface area contributed by atoms with Gasteiger partial charge in [-0.3, -0.25) is 9.78 Å². The molecule has 0 saturated heterocycles. The number of aliphatic carboxylic acids is 1. The number of nitrogens with one attached hydrogen (secondary N) is 1. The van der Waals surface area contributed by atoms with Gasteiger partial charge in [0.25, 0.3) is 0 Å². The number of carboxylic acids is 1. The molecule has 0 aliphatic heterocycles. The summed E-state index contributed by atoms with van der Waals surface area (Å²) in [6, 6.07) is 3.80. The van der Waals surface area contributed by atoms with Gasteiger partial charge >= 0.3 is 0 Å². The van der Waals surface area contributed by atoms with Crippen molar-refractivity contribution in [2.24, 2.45) is 23.7 Å². The highest BCUT2D eigenvalue weighted by atomic mass is 16.4. The first-order valence-corrected chi connectivity index (χ1v) is 7.22. The highest BCUT2D eigenvalue weighted by Crippen LogP contribution is 2.47. The number of fused-ring (bicyclic) bond motifs is 2. The lowest BCUT2D eigenvalue weighted by Gasteiger charge is -2.27. The molecule has 4 atom stereocenters. The number of rotatable bonds is 5. The van der Waals surface area contributed by atoms with Crippen LogP contribution in [0.5, 0.6) is 0 Å². The molecule has 21 heavy (non-hydrogen) atoms. The molecule has 1 aromatic rings. The highest BCUT2D eigenvalue weighted by Gasteiger charge is 2.48. The van der Waals surface area contributed by atoms with Crippen molar-refractivity contribution in [3.8, 4) is 0 Å². The maximum absolute atomic E-state index is 12.3. The van der Waals surface area contributed by atoms with Crippen LogP contribution in [0.3, 0.4) is 0 Å². The SMILES string of the molecule is O=C([O-])[C@@H]1[C@@H](C(=O)NCCc2ccncc2)[C@H]2C=C[C@H]1C2. The topological polar surface area (TPSA) is 82.1 Å². The number of pyridine rings is 1. The maximum Gasteiger partial charge on any atom is 0.224 e. The minimum Gasteiger partial charge on any atom is -0.550 e. The predicted molar refractivity (Wildman–Crippen MR) is 73.7 cm³/mol. The quantitative estimate of drug-likeness (QED) is 0.768. The van der Waals surface area contributed by atoms with E-state index in [1.54, 1.807) is 12.4 Å². The van der Waals surface area contributed by atoms with Crippen LogP contribution in [0.25, 0.3) is 0 Å². The lowest BCUT2D eigenvalue weighted by Crippen LogP contribution is -2.45. The first-order chi connectivity index (χ1) is 10.2. The summed E-state index contributed by atoms with van der Waals surface area (Å²) in [6.45, 7) is 0.500. The van der Waals surface area contributed by atoms with E-state index in [0.29, 0.717) is 13.0 Å². The Labute approximate surface area is 123 Å². The number of hydrogen-bond donors (Lipinski definition) is 1. The van der Waals surface area contributed by atoms with Crippen molar-refractivity contribution < 1.29 is 14.7 Å². The van der Waals surface area contributed by atoms with Crippen molar-refractivity contribution in [3.05, 3.63) is 42.2 Å². The summed E-state index contributed by atoms with van der Waals surface area (Å²) in [5.41, 5.74) is 1.09. The van der Waals surface area contributed by atoms with Gasteiger partial charge in [-0.15, -0.1) is 0 Å². The van der Waals surface area contributed by atoms with Crippen LogP contribution in [0.1, 0.15) is 12.0 Å².